The van der Waals surface area contributed by atoms with Crippen LogP contribution in [-0.2, 0) is 11.3 Å². The van der Waals surface area contributed by atoms with E-state index in [9.17, 15) is 9.59 Å². The van der Waals surface area contributed by atoms with E-state index in [-0.39, 0.29) is 22.6 Å². The van der Waals surface area contributed by atoms with E-state index in [0.717, 1.165) is 5.69 Å². The van der Waals surface area contributed by atoms with Crippen molar-refractivity contribution < 1.29 is 9.59 Å². The third-order valence-electron chi connectivity index (χ3n) is 4.36. The van der Waals surface area contributed by atoms with Crippen molar-refractivity contribution in [1.82, 2.24) is 20.1 Å². The zero-order valence-electron chi connectivity index (χ0n) is 16.9. The summed E-state index contributed by atoms with van der Waals surface area (Å²) in [5.74, 6) is 0.305. The van der Waals surface area contributed by atoms with E-state index < -0.39 is 6.04 Å². The second-order valence-corrected chi connectivity index (χ2v) is 8.39. The standard InChI is InChI=1S/C21H21Cl2N5O2S/c1-3-28-19(13(2)24-20(30)16-10-9-14(22)11-17(16)23)26-27-21(28)31-12-18(29)25-15-7-5-4-6-8-15/h4-11,13H,3,12H2,1-2H3,(H,24,30)(H,25,29)/t13-/m0/s1. The summed E-state index contributed by atoms with van der Waals surface area (Å²) >= 11 is 13.3. The van der Waals surface area contributed by atoms with Crippen molar-refractivity contribution in [2.45, 2.75) is 31.6 Å². The maximum Gasteiger partial charge on any atom is 0.253 e. The molecule has 10 heteroatoms. The summed E-state index contributed by atoms with van der Waals surface area (Å²) in [4.78, 5) is 24.8. The van der Waals surface area contributed by atoms with Gasteiger partial charge in [0, 0.05) is 17.3 Å². The number of nitrogens with one attached hydrogen (secondary N) is 2. The summed E-state index contributed by atoms with van der Waals surface area (Å²) < 4.78 is 1.87. The highest BCUT2D eigenvalue weighted by atomic mass is 35.5. The van der Waals surface area contributed by atoms with Crippen LogP contribution in [0.25, 0.3) is 0 Å². The highest BCUT2D eigenvalue weighted by Gasteiger charge is 2.21. The maximum absolute atomic E-state index is 12.6. The van der Waals surface area contributed by atoms with Crippen molar-refractivity contribution in [2.24, 2.45) is 0 Å². The summed E-state index contributed by atoms with van der Waals surface area (Å²) in [7, 11) is 0. The zero-order valence-corrected chi connectivity index (χ0v) is 19.3. The summed E-state index contributed by atoms with van der Waals surface area (Å²) in [5.41, 5.74) is 1.07. The Hall–Kier alpha value is -2.55. The van der Waals surface area contributed by atoms with E-state index >= 15 is 0 Å². The Morgan fingerprint density at radius 2 is 1.87 bits per heavy atom. The van der Waals surface area contributed by atoms with E-state index in [1.165, 1.54) is 17.8 Å². The molecule has 162 valence electrons. The fourth-order valence-corrected chi connectivity index (χ4v) is 4.19. The molecular formula is C21H21Cl2N5O2S. The first-order valence-electron chi connectivity index (χ1n) is 9.55. The minimum Gasteiger partial charge on any atom is -0.342 e. The predicted molar refractivity (Wildman–Crippen MR) is 124 cm³/mol. The molecule has 1 atom stereocenters. The molecule has 2 amide bonds. The molecule has 3 aromatic rings. The van der Waals surface area contributed by atoms with Gasteiger partial charge in [0.25, 0.3) is 5.91 Å². The maximum atomic E-state index is 12.6. The van der Waals surface area contributed by atoms with E-state index in [1.54, 1.807) is 12.1 Å². The third kappa shape index (κ3) is 6.00. The molecule has 2 N–H and O–H groups in total. The number of carbonyl (C=O) groups is 2. The number of nitrogens with zero attached hydrogens (tertiary/aromatic N) is 3. The van der Waals surface area contributed by atoms with Gasteiger partial charge in [0.2, 0.25) is 5.91 Å². The molecule has 7 nitrogen and oxygen atoms in total. The fourth-order valence-electron chi connectivity index (χ4n) is 2.89. The smallest absolute Gasteiger partial charge is 0.253 e. The van der Waals surface area contributed by atoms with Crippen molar-refractivity contribution >= 4 is 52.5 Å². The minimum atomic E-state index is -0.417. The average molecular weight is 478 g/mol. The largest absolute Gasteiger partial charge is 0.342 e. The molecule has 0 spiro atoms. The van der Waals surface area contributed by atoms with Crippen LogP contribution in [0.5, 0.6) is 0 Å². The number of hydrogen-bond donors (Lipinski definition) is 2. The highest BCUT2D eigenvalue weighted by Crippen LogP contribution is 2.24. The lowest BCUT2D eigenvalue weighted by molar-refractivity contribution is -0.113. The Morgan fingerprint density at radius 3 is 2.55 bits per heavy atom. The number of amides is 2. The first kappa shape index (κ1) is 23.1. The molecule has 2 aromatic carbocycles. The van der Waals surface area contributed by atoms with Crippen molar-refractivity contribution in [3.05, 3.63) is 70.0 Å². The molecule has 0 aliphatic rings. The monoisotopic (exact) mass is 477 g/mol. The van der Waals surface area contributed by atoms with E-state index in [4.69, 9.17) is 23.2 Å². The first-order chi connectivity index (χ1) is 14.9. The average Bonchev–Trinajstić information content (AvgIpc) is 3.16. The predicted octanol–water partition coefficient (Wildman–Crippen LogP) is 4.83. The number of aromatic nitrogens is 3. The van der Waals surface area contributed by atoms with Gasteiger partial charge < -0.3 is 15.2 Å². The highest BCUT2D eigenvalue weighted by molar-refractivity contribution is 7.99. The van der Waals surface area contributed by atoms with Crippen LogP contribution in [0.4, 0.5) is 5.69 Å². The van der Waals surface area contributed by atoms with Crippen LogP contribution in [0.3, 0.4) is 0 Å². The third-order valence-corrected chi connectivity index (χ3v) is 5.88. The second-order valence-electron chi connectivity index (χ2n) is 6.61. The van der Waals surface area contributed by atoms with Crippen LogP contribution in [0, 0.1) is 0 Å². The molecule has 0 aliphatic heterocycles. The summed E-state index contributed by atoms with van der Waals surface area (Å²) in [6.07, 6.45) is 0. The minimum absolute atomic E-state index is 0.137. The van der Waals surface area contributed by atoms with Gasteiger partial charge >= 0.3 is 0 Å². The molecule has 1 heterocycles. The zero-order chi connectivity index (χ0) is 22.4. The SMILES string of the molecule is CCn1c(SCC(=O)Nc2ccccc2)nnc1[C@H](C)NC(=O)c1ccc(Cl)cc1Cl. The fraction of sp³-hybridized carbons (Fsp3) is 0.238. The van der Waals surface area contributed by atoms with E-state index in [2.05, 4.69) is 20.8 Å². The number of thioether (sulfide) groups is 1. The number of halogens is 2. The Bertz CT molecular complexity index is 1070. The van der Waals surface area contributed by atoms with Gasteiger partial charge in [0.1, 0.15) is 0 Å². The summed E-state index contributed by atoms with van der Waals surface area (Å²) in [6, 6.07) is 13.5. The molecule has 1 aromatic heterocycles. The van der Waals surface area contributed by atoms with Gasteiger partial charge in [-0.15, -0.1) is 10.2 Å². The van der Waals surface area contributed by atoms with Gasteiger partial charge in [0.05, 0.1) is 22.4 Å². The van der Waals surface area contributed by atoms with Gasteiger partial charge in [-0.2, -0.15) is 0 Å². The van der Waals surface area contributed by atoms with Crippen LogP contribution in [0.15, 0.2) is 53.7 Å². The first-order valence-corrected chi connectivity index (χ1v) is 11.3. The Morgan fingerprint density at radius 1 is 1.13 bits per heavy atom. The lowest BCUT2D eigenvalue weighted by atomic mass is 10.2. The number of carbonyl (C=O) groups excluding carboxylic acids is 2. The number of benzene rings is 2. The van der Waals surface area contributed by atoms with Gasteiger partial charge in [-0.3, -0.25) is 9.59 Å². The molecule has 0 unspecified atom stereocenters. The van der Waals surface area contributed by atoms with Crippen LogP contribution < -0.4 is 10.6 Å². The molecule has 0 saturated heterocycles. The molecule has 31 heavy (non-hydrogen) atoms. The number of hydrogen-bond acceptors (Lipinski definition) is 5. The van der Waals surface area contributed by atoms with Crippen LogP contribution in [-0.4, -0.2) is 32.3 Å². The van der Waals surface area contributed by atoms with Crippen molar-refractivity contribution in [2.75, 3.05) is 11.1 Å². The topological polar surface area (TPSA) is 88.9 Å². The molecule has 3 rings (SSSR count). The molecular weight excluding hydrogens is 457 g/mol. The van der Waals surface area contributed by atoms with Crippen molar-refractivity contribution in [3.63, 3.8) is 0 Å². The van der Waals surface area contributed by atoms with E-state index in [0.29, 0.717) is 28.1 Å². The Balaban J connectivity index is 1.64. The lowest BCUT2D eigenvalue weighted by Gasteiger charge is -2.15. The van der Waals surface area contributed by atoms with Gasteiger partial charge in [0.15, 0.2) is 11.0 Å². The molecule has 0 fully saturated rings. The number of para-hydroxylation sites is 1. The normalized spacial score (nSPS) is 11.7. The van der Waals surface area contributed by atoms with Crippen LogP contribution in [0.2, 0.25) is 10.0 Å². The summed E-state index contributed by atoms with van der Waals surface area (Å²) in [5, 5.41) is 15.5. The lowest BCUT2D eigenvalue weighted by Crippen LogP contribution is -2.29. The van der Waals surface area contributed by atoms with Gasteiger partial charge in [-0.1, -0.05) is 53.2 Å². The van der Waals surface area contributed by atoms with Crippen LogP contribution >= 0.6 is 35.0 Å². The Kier molecular flexibility index (Phi) is 7.95. The van der Waals surface area contributed by atoms with Gasteiger partial charge in [-0.25, -0.2) is 0 Å². The van der Waals surface area contributed by atoms with Gasteiger partial charge in [-0.05, 0) is 44.2 Å². The van der Waals surface area contributed by atoms with Crippen molar-refractivity contribution in [1.29, 1.82) is 0 Å². The molecule has 0 aliphatic carbocycles. The molecule has 0 saturated carbocycles. The van der Waals surface area contributed by atoms with E-state index in [1.807, 2.05) is 48.7 Å². The second kappa shape index (κ2) is 10.7. The van der Waals surface area contributed by atoms with Crippen LogP contribution in [0.1, 0.15) is 36.1 Å². The van der Waals surface area contributed by atoms with Crippen molar-refractivity contribution in [3.8, 4) is 0 Å². The molecule has 0 bridgehead atoms. The Labute approximate surface area is 194 Å². The quantitative estimate of drug-likeness (QED) is 0.453. The number of rotatable bonds is 8. The number of anilines is 1. The molecule has 0 radical (unpaired) electrons. The summed E-state index contributed by atoms with van der Waals surface area (Å²) in [6.45, 7) is 4.35.